The smallest absolute Gasteiger partial charge is 0.312 e. The minimum absolute atomic E-state index is 0.150. The van der Waals surface area contributed by atoms with Gasteiger partial charge in [0.2, 0.25) is 5.91 Å². The molecule has 0 aliphatic heterocycles. The number of aromatic nitrogens is 3. The third kappa shape index (κ3) is 2.57. The summed E-state index contributed by atoms with van der Waals surface area (Å²) >= 11 is 0. The number of carbonyl (C=O) groups is 2. The standard InChI is InChI=1S/C10H10N4O3/c15-9(5-10(16)17)11-6-8-13-12-7-3-1-2-4-14(7)8/h1-4H,5-6H2,(H,11,15)(H,16,17). The quantitative estimate of drug-likeness (QED) is 0.715. The zero-order valence-electron chi connectivity index (χ0n) is 8.83. The van der Waals surface area contributed by atoms with Crippen molar-refractivity contribution < 1.29 is 14.7 Å². The maximum absolute atomic E-state index is 11.1. The fourth-order valence-corrected chi connectivity index (χ4v) is 1.39. The van der Waals surface area contributed by atoms with Crippen LogP contribution in [0.25, 0.3) is 5.65 Å². The Morgan fingerprint density at radius 2 is 2.18 bits per heavy atom. The van der Waals surface area contributed by atoms with Crippen LogP contribution in [0.5, 0.6) is 0 Å². The van der Waals surface area contributed by atoms with Crippen LogP contribution < -0.4 is 5.32 Å². The maximum Gasteiger partial charge on any atom is 0.312 e. The van der Waals surface area contributed by atoms with E-state index >= 15 is 0 Å². The van der Waals surface area contributed by atoms with Crippen LogP contribution in [-0.4, -0.2) is 31.6 Å². The molecule has 0 spiro atoms. The molecule has 0 aromatic carbocycles. The number of pyridine rings is 1. The number of carboxylic acids is 1. The van der Waals surface area contributed by atoms with Crippen LogP contribution in [0.2, 0.25) is 0 Å². The number of aliphatic carboxylic acids is 1. The number of hydrogen-bond acceptors (Lipinski definition) is 4. The average Bonchev–Trinajstić information content (AvgIpc) is 2.69. The van der Waals surface area contributed by atoms with Crippen molar-refractivity contribution in [1.29, 1.82) is 0 Å². The highest BCUT2D eigenvalue weighted by Gasteiger charge is 2.09. The fraction of sp³-hybridized carbons (Fsp3) is 0.200. The van der Waals surface area contributed by atoms with Crippen LogP contribution in [0.1, 0.15) is 12.2 Å². The summed E-state index contributed by atoms with van der Waals surface area (Å²) < 4.78 is 1.72. The molecule has 0 aliphatic rings. The lowest BCUT2D eigenvalue weighted by molar-refractivity contribution is -0.140. The molecule has 2 aromatic heterocycles. The first-order valence-electron chi connectivity index (χ1n) is 4.94. The highest BCUT2D eigenvalue weighted by molar-refractivity contribution is 5.93. The first-order valence-corrected chi connectivity index (χ1v) is 4.94. The number of fused-ring (bicyclic) bond motifs is 1. The molecule has 2 rings (SSSR count). The summed E-state index contributed by atoms with van der Waals surface area (Å²) in [6.07, 6.45) is 1.23. The van der Waals surface area contributed by atoms with Crippen molar-refractivity contribution in [3.8, 4) is 0 Å². The van der Waals surface area contributed by atoms with E-state index in [1.54, 1.807) is 16.7 Å². The molecule has 0 radical (unpaired) electrons. The molecule has 2 N–H and O–H groups in total. The van der Waals surface area contributed by atoms with Crippen molar-refractivity contribution >= 4 is 17.5 Å². The summed E-state index contributed by atoms with van der Waals surface area (Å²) in [5.41, 5.74) is 0.676. The first-order chi connectivity index (χ1) is 8.16. The molecule has 0 fully saturated rings. The van der Waals surface area contributed by atoms with Crippen molar-refractivity contribution in [2.75, 3.05) is 0 Å². The fourth-order valence-electron chi connectivity index (χ4n) is 1.39. The lowest BCUT2D eigenvalue weighted by atomic mass is 10.4. The van der Waals surface area contributed by atoms with E-state index < -0.39 is 18.3 Å². The van der Waals surface area contributed by atoms with Crippen LogP contribution in [0, 0.1) is 0 Å². The second kappa shape index (κ2) is 4.60. The van der Waals surface area contributed by atoms with E-state index in [1.807, 2.05) is 12.1 Å². The SMILES string of the molecule is O=C(O)CC(=O)NCc1nnc2ccccn12. The van der Waals surface area contributed by atoms with E-state index in [0.717, 1.165) is 0 Å². The predicted molar refractivity (Wildman–Crippen MR) is 57.1 cm³/mol. The van der Waals surface area contributed by atoms with E-state index in [9.17, 15) is 9.59 Å². The zero-order valence-corrected chi connectivity index (χ0v) is 8.83. The highest BCUT2D eigenvalue weighted by Crippen LogP contribution is 2.02. The Bertz CT molecular complexity index is 563. The number of carboxylic acid groups (broad SMARTS) is 1. The molecule has 0 saturated carbocycles. The van der Waals surface area contributed by atoms with Gasteiger partial charge in [-0.1, -0.05) is 6.07 Å². The van der Waals surface area contributed by atoms with Crippen molar-refractivity contribution in [2.45, 2.75) is 13.0 Å². The molecule has 1 amide bonds. The minimum atomic E-state index is -1.16. The van der Waals surface area contributed by atoms with E-state index in [4.69, 9.17) is 5.11 Å². The number of nitrogens with zero attached hydrogens (tertiary/aromatic N) is 3. The Kier molecular flexibility index (Phi) is 2.99. The molecule has 17 heavy (non-hydrogen) atoms. The molecular weight excluding hydrogens is 224 g/mol. The van der Waals surface area contributed by atoms with Gasteiger partial charge < -0.3 is 10.4 Å². The van der Waals surface area contributed by atoms with Gasteiger partial charge in [0.25, 0.3) is 0 Å². The van der Waals surface area contributed by atoms with Gasteiger partial charge >= 0.3 is 5.97 Å². The second-order valence-corrected chi connectivity index (χ2v) is 3.39. The molecule has 0 unspecified atom stereocenters. The molecule has 7 heteroatoms. The van der Waals surface area contributed by atoms with Gasteiger partial charge in [-0.25, -0.2) is 0 Å². The van der Waals surface area contributed by atoms with Crippen LogP contribution in [-0.2, 0) is 16.1 Å². The largest absolute Gasteiger partial charge is 0.481 e. The van der Waals surface area contributed by atoms with Gasteiger partial charge in [0, 0.05) is 6.20 Å². The zero-order chi connectivity index (χ0) is 12.3. The van der Waals surface area contributed by atoms with Crippen molar-refractivity contribution in [1.82, 2.24) is 19.9 Å². The predicted octanol–water partition coefficient (Wildman–Crippen LogP) is -0.180. The number of hydrogen-bond donors (Lipinski definition) is 2. The average molecular weight is 234 g/mol. The van der Waals surface area contributed by atoms with Crippen molar-refractivity contribution in [2.24, 2.45) is 0 Å². The summed E-state index contributed by atoms with van der Waals surface area (Å²) in [5, 5.41) is 18.7. The summed E-state index contributed by atoms with van der Waals surface area (Å²) in [6.45, 7) is 0.150. The van der Waals surface area contributed by atoms with Gasteiger partial charge in [0.05, 0.1) is 6.54 Å². The first kappa shape index (κ1) is 11.1. The Balaban J connectivity index is 2.04. The molecule has 7 nitrogen and oxygen atoms in total. The normalized spacial score (nSPS) is 10.4. The Labute approximate surface area is 96.1 Å². The highest BCUT2D eigenvalue weighted by atomic mass is 16.4. The molecule has 0 aliphatic carbocycles. The van der Waals surface area contributed by atoms with Crippen molar-refractivity contribution in [3.05, 3.63) is 30.2 Å². The maximum atomic E-state index is 11.1. The van der Waals surface area contributed by atoms with Gasteiger partial charge in [0.15, 0.2) is 11.5 Å². The third-order valence-electron chi connectivity index (χ3n) is 2.14. The number of amides is 1. The second-order valence-electron chi connectivity index (χ2n) is 3.39. The summed E-state index contributed by atoms with van der Waals surface area (Å²) in [6, 6.07) is 5.44. The van der Waals surface area contributed by atoms with E-state index in [0.29, 0.717) is 11.5 Å². The van der Waals surface area contributed by atoms with E-state index in [-0.39, 0.29) is 6.54 Å². The molecule has 2 aromatic rings. The minimum Gasteiger partial charge on any atom is -0.481 e. The molecule has 0 atom stereocenters. The van der Waals surface area contributed by atoms with Crippen LogP contribution in [0.3, 0.4) is 0 Å². The van der Waals surface area contributed by atoms with Gasteiger partial charge in [-0.2, -0.15) is 0 Å². The lowest BCUT2D eigenvalue weighted by Gasteiger charge is -2.01. The number of carbonyl (C=O) groups excluding carboxylic acids is 1. The molecular formula is C10H10N4O3. The lowest BCUT2D eigenvalue weighted by Crippen LogP contribution is -2.26. The number of rotatable bonds is 4. The molecule has 0 bridgehead atoms. The Hall–Kier alpha value is -2.44. The van der Waals surface area contributed by atoms with Gasteiger partial charge in [-0.05, 0) is 12.1 Å². The van der Waals surface area contributed by atoms with Gasteiger partial charge in [0.1, 0.15) is 6.42 Å². The summed E-state index contributed by atoms with van der Waals surface area (Å²) in [5.74, 6) is -1.15. The van der Waals surface area contributed by atoms with Crippen molar-refractivity contribution in [3.63, 3.8) is 0 Å². The van der Waals surface area contributed by atoms with Gasteiger partial charge in [-0.3, -0.25) is 14.0 Å². The Morgan fingerprint density at radius 3 is 2.94 bits per heavy atom. The van der Waals surface area contributed by atoms with E-state index in [1.165, 1.54) is 0 Å². The monoisotopic (exact) mass is 234 g/mol. The van der Waals surface area contributed by atoms with E-state index in [2.05, 4.69) is 15.5 Å². The van der Waals surface area contributed by atoms with Crippen LogP contribution in [0.15, 0.2) is 24.4 Å². The van der Waals surface area contributed by atoms with Crippen LogP contribution >= 0.6 is 0 Å². The summed E-state index contributed by atoms with van der Waals surface area (Å²) in [7, 11) is 0. The van der Waals surface area contributed by atoms with Crippen LogP contribution in [0.4, 0.5) is 0 Å². The molecule has 0 saturated heterocycles. The third-order valence-corrected chi connectivity index (χ3v) is 2.14. The molecule has 2 heterocycles. The molecule has 88 valence electrons. The topological polar surface area (TPSA) is 96.6 Å². The Morgan fingerprint density at radius 1 is 1.35 bits per heavy atom. The van der Waals surface area contributed by atoms with Gasteiger partial charge in [-0.15, -0.1) is 10.2 Å². The summed E-state index contributed by atoms with van der Waals surface area (Å²) in [4.78, 5) is 21.4. The number of nitrogens with one attached hydrogen (secondary N) is 1.